The molecule has 4 nitrogen and oxygen atoms in total. The van der Waals surface area contributed by atoms with E-state index in [9.17, 15) is 9.59 Å². The largest absolute Gasteiger partial charge is 0.321 e. The molecule has 0 amide bonds. The van der Waals surface area contributed by atoms with Crippen molar-refractivity contribution in [2.24, 2.45) is 11.5 Å². The number of ketones is 2. The van der Waals surface area contributed by atoms with Crippen LogP contribution in [-0.2, 0) is 0 Å². The number of hydrogen-bond donors (Lipinski definition) is 2. The van der Waals surface area contributed by atoms with Gasteiger partial charge in [0.05, 0.1) is 12.1 Å². The quantitative estimate of drug-likeness (QED) is 0.232. The summed E-state index contributed by atoms with van der Waals surface area (Å²) in [5.41, 5.74) is 13.5. The molecule has 0 aliphatic carbocycles. The lowest BCUT2D eigenvalue weighted by atomic mass is 9.98. The number of unbranched alkanes of at least 4 members (excludes halogenated alkanes) is 9. The van der Waals surface area contributed by atoms with E-state index in [1.807, 2.05) is 60.7 Å². The van der Waals surface area contributed by atoms with Crippen LogP contribution in [0.4, 0.5) is 0 Å². The predicted octanol–water partition coefficient (Wildman–Crippen LogP) is 6.09. The molecule has 0 heterocycles. The van der Waals surface area contributed by atoms with E-state index in [0.717, 1.165) is 38.5 Å². The monoisotopic (exact) mass is 436 g/mol. The highest BCUT2D eigenvalue weighted by atomic mass is 16.1. The van der Waals surface area contributed by atoms with Crippen LogP contribution in [0, 0.1) is 0 Å². The molecule has 0 aliphatic heterocycles. The molecule has 0 saturated carbocycles. The van der Waals surface area contributed by atoms with E-state index in [4.69, 9.17) is 11.5 Å². The van der Waals surface area contributed by atoms with Crippen molar-refractivity contribution < 1.29 is 9.59 Å². The first-order valence-corrected chi connectivity index (χ1v) is 12.3. The van der Waals surface area contributed by atoms with Crippen LogP contribution in [0.3, 0.4) is 0 Å². The summed E-state index contributed by atoms with van der Waals surface area (Å²) in [7, 11) is 0. The number of rotatable bonds is 17. The van der Waals surface area contributed by atoms with E-state index in [-0.39, 0.29) is 23.7 Å². The molecule has 0 aliphatic rings. The first-order valence-electron chi connectivity index (χ1n) is 12.3. The maximum Gasteiger partial charge on any atom is 0.179 e. The smallest absolute Gasteiger partial charge is 0.179 e. The van der Waals surface area contributed by atoms with Crippen LogP contribution in [0.5, 0.6) is 0 Å². The minimum atomic E-state index is -0.381. The first-order chi connectivity index (χ1) is 15.6. The van der Waals surface area contributed by atoms with Crippen molar-refractivity contribution in [2.45, 2.75) is 89.1 Å². The number of carbonyl (C=O) groups is 2. The molecule has 2 aromatic carbocycles. The minimum Gasteiger partial charge on any atom is -0.321 e. The zero-order chi connectivity index (χ0) is 23.0. The van der Waals surface area contributed by atoms with Gasteiger partial charge in [-0.15, -0.1) is 0 Å². The van der Waals surface area contributed by atoms with Gasteiger partial charge in [-0.1, -0.05) is 125 Å². The van der Waals surface area contributed by atoms with Gasteiger partial charge in [-0.2, -0.15) is 0 Å². The highest BCUT2D eigenvalue weighted by Crippen LogP contribution is 2.14. The van der Waals surface area contributed by atoms with E-state index in [1.165, 1.54) is 38.5 Å². The molecular formula is C28H40N2O2. The van der Waals surface area contributed by atoms with Crippen molar-refractivity contribution in [1.29, 1.82) is 0 Å². The van der Waals surface area contributed by atoms with Gasteiger partial charge in [-0.25, -0.2) is 0 Å². The van der Waals surface area contributed by atoms with Gasteiger partial charge in [0.25, 0.3) is 0 Å². The molecule has 32 heavy (non-hydrogen) atoms. The topological polar surface area (TPSA) is 86.2 Å². The van der Waals surface area contributed by atoms with Crippen LogP contribution in [-0.4, -0.2) is 23.7 Å². The molecule has 0 fully saturated rings. The Morgan fingerprint density at radius 2 is 0.781 bits per heavy atom. The summed E-state index contributed by atoms with van der Waals surface area (Å²) in [6, 6.07) is 17.9. The molecule has 174 valence electrons. The molecule has 4 heteroatoms. The molecule has 4 N–H and O–H groups in total. The van der Waals surface area contributed by atoms with Crippen LogP contribution < -0.4 is 11.5 Å². The number of hydrogen-bond acceptors (Lipinski definition) is 4. The SMILES string of the molecule is N[C@H](CCCCCCCCCCCC[C@@H](N)C(=O)c1ccccc1)C(=O)c1ccccc1. The van der Waals surface area contributed by atoms with Gasteiger partial charge in [-0.05, 0) is 12.8 Å². The number of benzene rings is 2. The van der Waals surface area contributed by atoms with Crippen LogP contribution in [0.2, 0.25) is 0 Å². The van der Waals surface area contributed by atoms with Crippen molar-refractivity contribution in [1.82, 2.24) is 0 Å². The summed E-state index contributed by atoms with van der Waals surface area (Å²) in [5, 5.41) is 0. The maximum absolute atomic E-state index is 12.2. The van der Waals surface area contributed by atoms with E-state index in [2.05, 4.69) is 0 Å². The predicted molar refractivity (Wildman–Crippen MR) is 133 cm³/mol. The Hall–Kier alpha value is -2.30. The van der Waals surface area contributed by atoms with Gasteiger partial charge in [-0.3, -0.25) is 9.59 Å². The Kier molecular flexibility index (Phi) is 12.6. The molecule has 0 aromatic heterocycles. The summed E-state index contributed by atoms with van der Waals surface area (Å²) in [6.07, 6.45) is 13.3. The molecule has 2 atom stereocenters. The van der Waals surface area contributed by atoms with Crippen LogP contribution in [0.15, 0.2) is 60.7 Å². The average molecular weight is 437 g/mol. The Morgan fingerprint density at radius 1 is 0.500 bits per heavy atom. The molecule has 0 unspecified atom stereocenters. The average Bonchev–Trinajstić information content (AvgIpc) is 2.84. The lowest BCUT2D eigenvalue weighted by molar-refractivity contribution is 0.0948. The van der Waals surface area contributed by atoms with E-state index in [1.54, 1.807) is 0 Å². The molecule has 0 bridgehead atoms. The van der Waals surface area contributed by atoms with E-state index >= 15 is 0 Å². The van der Waals surface area contributed by atoms with Gasteiger partial charge < -0.3 is 11.5 Å². The molecule has 0 radical (unpaired) electrons. The third-order valence-corrected chi connectivity index (χ3v) is 6.07. The summed E-state index contributed by atoms with van der Waals surface area (Å²) in [5.74, 6) is 0.104. The first kappa shape index (κ1) is 26.0. The lowest BCUT2D eigenvalue weighted by Crippen LogP contribution is -2.30. The maximum atomic E-state index is 12.2. The fourth-order valence-electron chi connectivity index (χ4n) is 4.04. The Balaban J connectivity index is 1.39. The van der Waals surface area contributed by atoms with E-state index in [0.29, 0.717) is 11.1 Å². The van der Waals surface area contributed by atoms with Crippen LogP contribution >= 0.6 is 0 Å². The second-order valence-electron chi connectivity index (χ2n) is 8.79. The lowest BCUT2D eigenvalue weighted by Gasteiger charge is -2.11. The van der Waals surface area contributed by atoms with Gasteiger partial charge in [0, 0.05) is 11.1 Å². The molecule has 2 aromatic rings. The van der Waals surface area contributed by atoms with Gasteiger partial charge >= 0.3 is 0 Å². The second kappa shape index (κ2) is 15.5. The van der Waals surface area contributed by atoms with Gasteiger partial charge in [0.15, 0.2) is 11.6 Å². The van der Waals surface area contributed by atoms with Crippen LogP contribution in [0.1, 0.15) is 97.8 Å². The molecular weight excluding hydrogens is 396 g/mol. The van der Waals surface area contributed by atoms with Gasteiger partial charge in [0.1, 0.15) is 0 Å². The highest BCUT2D eigenvalue weighted by Gasteiger charge is 2.15. The third kappa shape index (κ3) is 9.88. The second-order valence-corrected chi connectivity index (χ2v) is 8.79. The molecule has 0 spiro atoms. The van der Waals surface area contributed by atoms with Crippen molar-refractivity contribution in [3.8, 4) is 0 Å². The van der Waals surface area contributed by atoms with E-state index < -0.39 is 0 Å². The van der Waals surface area contributed by atoms with Crippen molar-refractivity contribution in [2.75, 3.05) is 0 Å². The van der Waals surface area contributed by atoms with Gasteiger partial charge in [0.2, 0.25) is 0 Å². The normalized spacial score (nSPS) is 12.9. The molecule has 0 saturated heterocycles. The summed E-state index contributed by atoms with van der Waals surface area (Å²) in [6.45, 7) is 0. The number of Topliss-reactive ketones (excluding diaryl/α,β-unsaturated/α-hetero) is 2. The summed E-state index contributed by atoms with van der Waals surface area (Å²) < 4.78 is 0. The summed E-state index contributed by atoms with van der Waals surface area (Å²) >= 11 is 0. The minimum absolute atomic E-state index is 0.0518. The standard InChI is InChI=1S/C28H40N2O2/c29-25(27(31)23-17-11-9-12-18-23)21-15-7-5-3-1-2-4-6-8-16-22-26(30)28(32)24-19-13-10-14-20-24/h9-14,17-20,25-26H,1-8,15-16,21-22,29-30H2/t25-,26-/m1/s1. The van der Waals surface area contributed by atoms with Crippen LogP contribution in [0.25, 0.3) is 0 Å². The Morgan fingerprint density at radius 3 is 1.09 bits per heavy atom. The Bertz CT molecular complexity index is 709. The Labute approximate surface area is 193 Å². The number of nitrogens with two attached hydrogens (primary N) is 2. The van der Waals surface area contributed by atoms with Crippen molar-refractivity contribution in [3.05, 3.63) is 71.8 Å². The molecule has 2 rings (SSSR count). The fourth-order valence-corrected chi connectivity index (χ4v) is 4.04. The van der Waals surface area contributed by atoms with Crippen molar-refractivity contribution >= 4 is 11.6 Å². The van der Waals surface area contributed by atoms with Crippen molar-refractivity contribution in [3.63, 3.8) is 0 Å². The third-order valence-electron chi connectivity index (χ3n) is 6.07. The number of carbonyl (C=O) groups excluding carboxylic acids is 2. The highest BCUT2D eigenvalue weighted by molar-refractivity contribution is 6.00. The summed E-state index contributed by atoms with van der Waals surface area (Å²) in [4.78, 5) is 24.5. The zero-order valence-electron chi connectivity index (χ0n) is 19.4. The fraction of sp³-hybridized carbons (Fsp3) is 0.500. The zero-order valence-corrected chi connectivity index (χ0v) is 19.4.